The quantitative estimate of drug-likeness (QED) is 0.327. The largest absolute Gasteiger partial charge is 0.268 e. The third-order valence-electron chi connectivity index (χ3n) is 6.09. The fourth-order valence-corrected chi connectivity index (χ4v) is 4.08. The molecule has 8 nitrogen and oxygen atoms in total. The van der Waals surface area contributed by atoms with Crippen LogP contribution in [0.25, 0.3) is 33.8 Å². The van der Waals surface area contributed by atoms with Crippen molar-refractivity contribution in [3.05, 3.63) is 107 Å². The van der Waals surface area contributed by atoms with Gasteiger partial charge >= 0.3 is 0 Å². The molecule has 0 saturated carbocycles. The molecule has 37 heavy (non-hydrogen) atoms. The summed E-state index contributed by atoms with van der Waals surface area (Å²) in [4.78, 5) is 21.7. The zero-order valence-electron chi connectivity index (χ0n) is 20.5. The molecule has 0 spiro atoms. The van der Waals surface area contributed by atoms with Crippen LogP contribution in [0, 0.1) is 11.3 Å². The Bertz CT molecular complexity index is 1630. The lowest BCUT2D eigenvalue weighted by molar-refractivity contribution is -0.750. The lowest BCUT2D eigenvalue weighted by atomic mass is 10.1. The van der Waals surface area contributed by atoms with Gasteiger partial charge in [0.2, 0.25) is 6.20 Å². The van der Waals surface area contributed by atoms with E-state index in [0.717, 1.165) is 47.2 Å². The van der Waals surface area contributed by atoms with Gasteiger partial charge in [0.15, 0.2) is 12.4 Å². The molecule has 0 aliphatic heterocycles. The van der Waals surface area contributed by atoms with Gasteiger partial charge in [0, 0.05) is 41.6 Å². The summed E-state index contributed by atoms with van der Waals surface area (Å²) in [6, 6.07) is 20.3. The molecule has 0 fully saturated rings. The van der Waals surface area contributed by atoms with Gasteiger partial charge in [0.05, 0.1) is 35.6 Å². The minimum Gasteiger partial charge on any atom is -0.268 e. The molecule has 3 heterocycles. The number of H-pyrrole nitrogens is 1. The van der Waals surface area contributed by atoms with Crippen molar-refractivity contribution in [1.82, 2.24) is 24.8 Å². The van der Waals surface area contributed by atoms with Crippen LogP contribution in [-0.4, -0.2) is 24.8 Å². The molecule has 1 N–H and O–H groups in total. The molecule has 5 rings (SSSR count). The van der Waals surface area contributed by atoms with E-state index in [4.69, 9.17) is 0 Å². The van der Waals surface area contributed by atoms with Crippen LogP contribution in [0.5, 0.6) is 0 Å². The van der Waals surface area contributed by atoms with Gasteiger partial charge in [0.25, 0.3) is 5.56 Å². The Labute approximate surface area is 214 Å². The van der Waals surface area contributed by atoms with Crippen molar-refractivity contribution in [3.63, 3.8) is 0 Å². The molecule has 5 aromatic rings. The Morgan fingerprint density at radius 2 is 1.78 bits per heavy atom. The SMILES string of the molecule is CCCC[n+]1cc(-c2cnc(-c3cccc(Cn4nc(-c5cccc(C#N)c5)ccc4=O)c3)nc2)c[nH]1. The summed E-state index contributed by atoms with van der Waals surface area (Å²) >= 11 is 0. The predicted octanol–water partition coefficient (Wildman–Crippen LogP) is 4.37. The lowest BCUT2D eigenvalue weighted by Crippen LogP contribution is -2.34. The first kappa shape index (κ1) is 23.8. The number of benzene rings is 2. The first-order chi connectivity index (χ1) is 18.1. The van der Waals surface area contributed by atoms with Crippen molar-refractivity contribution in [2.75, 3.05) is 0 Å². The third-order valence-corrected chi connectivity index (χ3v) is 6.09. The van der Waals surface area contributed by atoms with Crippen LogP contribution >= 0.6 is 0 Å². The third kappa shape index (κ3) is 5.52. The minimum absolute atomic E-state index is 0.200. The van der Waals surface area contributed by atoms with Crippen molar-refractivity contribution in [3.8, 4) is 39.8 Å². The molecule has 182 valence electrons. The van der Waals surface area contributed by atoms with Crippen LogP contribution in [0.15, 0.2) is 90.2 Å². The standard InChI is InChI=1S/C29H25N7O/c1-2-3-12-35-20-26(18-33-35)25-16-31-29(32-17-25)24-9-5-7-22(14-24)19-36-28(37)11-10-27(34-36)23-8-4-6-21(13-23)15-30/h4-11,13-14,16-18,20H,2-3,12,19H2,1H3/p+1. The summed E-state index contributed by atoms with van der Waals surface area (Å²) in [6.07, 6.45) is 9.95. The van der Waals surface area contributed by atoms with Crippen LogP contribution in [0.1, 0.15) is 30.9 Å². The minimum atomic E-state index is -0.200. The molecule has 0 aliphatic rings. The Hall–Kier alpha value is -4.90. The van der Waals surface area contributed by atoms with E-state index < -0.39 is 0 Å². The number of hydrogen-bond acceptors (Lipinski definition) is 5. The number of aromatic amines is 1. The van der Waals surface area contributed by atoms with Crippen LogP contribution < -0.4 is 10.2 Å². The number of rotatable bonds is 8. The molecular weight excluding hydrogens is 462 g/mol. The smallest absolute Gasteiger partial charge is 0.267 e. The summed E-state index contributed by atoms with van der Waals surface area (Å²) in [5.41, 5.74) is 5.52. The van der Waals surface area contributed by atoms with Gasteiger partial charge in [-0.3, -0.25) is 4.79 Å². The molecule has 0 atom stereocenters. The molecule has 0 bridgehead atoms. The van der Waals surface area contributed by atoms with E-state index in [1.54, 1.807) is 24.3 Å². The number of aromatic nitrogens is 6. The molecular formula is C29H26N7O+. The van der Waals surface area contributed by atoms with Gasteiger partial charge in [-0.05, 0) is 29.8 Å². The first-order valence-electron chi connectivity index (χ1n) is 12.2. The second-order valence-electron chi connectivity index (χ2n) is 8.81. The normalized spacial score (nSPS) is 10.8. The van der Waals surface area contributed by atoms with E-state index in [1.165, 1.54) is 10.7 Å². The molecule has 2 aromatic carbocycles. The number of nitrogens with zero attached hydrogens (tertiary/aromatic N) is 6. The highest BCUT2D eigenvalue weighted by Gasteiger charge is 2.11. The molecule has 3 aromatic heterocycles. The summed E-state index contributed by atoms with van der Waals surface area (Å²) < 4.78 is 3.50. The topological polar surface area (TPSA) is 104 Å². The maximum absolute atomic E-state index is 12.5. The zero-order valence-corrected chi connectivity index (χ0v) is 20.5. The second-order valence-corrected chi connectivity index (χ2v) is 8.81. The van der Waals surface area contributed by atoms with E-state index in [0.29, 0.717) is 23.6 Å². The first-order valence-corrected chi connectivity index (χ1v) is 12.2. The van der Waals surface area contributed by atoms with Crippen molar-refractivity contribution in [1.29, 1.82) is 5.26 Å². The van der Waals surface area contributed by atoms with Crippen LogP contribution in [0.3, 0.4) is 0 Å². The molecule has 0 aliphatic carbocycles. The number of hydrogen-bond donors (Lipinski definition) is 1. The number of unbranched alkanes of at least 4 members (excludes halogenated alkanes) is 1. The van der Waals surface area contributed by atoms with Gasteiger partial charge in [0.1, 0.15) is 0 Å². The van der Waals surface area contributed by atoms with E-state index in [1.807, 2.05) is 48.9 Å². The molecule has 0 unspecified atom stereocenters. The van der Waals surface area contributed by atoms with Gasteiger partial charge in [-0.25, -0.2) is 14.6 Å². The second kappa shape index (κ2) is 10.8. The molecule has 0 amide bonds. The summed E-state index contributed by atoms with van der Waals surface area (Å²) in [7, 11) is 0. The molecule has 0 saturated heterocycles. The molecule has 0 radical (unpaired) electrons. The highest BCUT2D eigenvalue weighted by Crippen LogP contribution is 2.21. The predicted molar refractivity (Wildman–Crippen MR) is 140 cm³/mol. The van der Waals surface area contributed by atoms with Crippen LogP contribution in [-0.2, 0) is 13.1 Å². The number of nitriles is 1. The fourth-order valence-electron chi connectivity index (χ4n) is 4.08. The van der Waals surface area contributed by atoms with Crippen molar-refractivity contribution >= 4 is 0 Å². The van der Waals surface area contributed by atoms with Gasteiger partial charge in [-0.1, -0.05) is 43.7 Å². The monoisotopic (exact) mass is 488 g/mol. The zero-order chi connectivity index (χ0) is 25.6. The maximum atomic E-state index is 12.5. The average Bonchev–Trinajstić information content (AvgIpc) is 3.42. The van der Waals surface area contributed by atoms with Gasteiger partial charge in [-0.15, -0.1) is 4.68 Å². The van der Waals surface area contributed by atoms with Crippen molar-refractivity contribution in [2.24, 2.45) is 0 Å². The number of nitrogens with one attached hydrogen (secondary N) is 1. The van der Waals surface area contributed by atoms with Gasteiger partial charge in [-0.2, -0.15) is 15.5 Å². The lowest BCUT2D eigenvalue weighted by Gasteiger charge is -2.09. The van der Waals surface area contributed by atoms with E-state index >= 15 is 0 Å². The fraction of sp³-hybridized carbons (Fsp3) is 0.172. The molecule has 8 heteroatoms. The Morgan fingerprint density at radius 3 is 2.59 bits per heavy atom. The van der Waals surface area contributed by atoms with Crippen LogP contribution in [0.4, 0.5) is 0 Å². The summed E-state index contributed by atoms with van der Waals surface area (Å²) in [5.74, 6) is 0.613. The van der Waals surface area contributed by atoms with Crippen LogP contribution in [0.2, 0.25) is 0 Å². The van der Waals surface area contributed by atoms with E-state index in [-0.39, 0.29) is 5.56 Å². The number of aryl methyl sites for hydroxylation is 1. The average molecular weight is 489 g/mol. The Balaban J connectivity index is 1.36. The summed E-state index contributed by atoms with van der Waals surface area (Å²) in [6.45, 7) is 3.43. The summed E-state index contributed by atoms with van der Waals surface area (Å²) in [5, 5.41) is 17.0. The van der Waals surface area contributed by atoms with E-state index in [2.05, 4.69) is 44.0 Å². The Kier molecular flexibility index (Phi) is 6.95. The maximum Gasteiger partial charge on any atom is 0.267 e. The highest BCUT2D eigenvalue weighted by atomic mass is 16.1. The Morgan fingerprint density at radius 1 is 0.973 bits per heavy atom. The van der Waals surface area contributed by atoms with E-state index in [9.17, 15) is 10.1 Å². The van der Waals surface area contributed by atoms with Crippen molar-refractivity contribution < 1.29 is 4.68 Å². The van der Waals surface area contributed by atoms with Gasteiger partial charge < -0.3 is 0 Å². The van der Waals surface area contributed by atoms with Crippen molar-refractivity contribution in [2.45, 2.75) is 32.9 Å². The highest BCUT2D eigenvalue weighted by molar-refractivity contribution is 5.62.